The molecule has 5 nitrogen and oxygen atoms in total. The predicted octanol–water partition coefficient (Wildman–Crippen LogP) is 0.129. The van der Waals surface area contributed by atoms with Gasteiger partial charge in [0, 0.05) is 31.5 Å². The van der Waals surface area contributed by atoms with E-state index < -0.39 is 6.10 Å². The summed E-state index contributed by atoms with van der Waals surface area (Å²) in [5, 5.41) is 22.6. The number of aliphatic hydroxyl groups excluding tert-OH is 2. The zero-order valence-electron chi connectivity index (χ0n) is 10.9. The molecule has 1 fully saturated rings. The Morgan fingerprint density at radius 1 is 1.37 bits per heavy atom. The lowest BCUT2D eigenvalue weighted by atomic mass is 9.79. The van der Waals surface area contributed by atoms with Gasteiger partial charge in [0.25, 0.3) is 0 Å². The minimum Gasteiger partial charge on any atom is -0.465 e. The highest BCUT2D eigenvalue weighted by Crippen LogP contribution is 2.30. The molecular weight excluding hydrogens is 246 g/mol. The van der Waals surface area contributed by atoms with Gasteiger partial charge < -0.3 is 20.3 Å². The lowest BCUT2D eigenvalue weighted by molar-refractivity contribution is 0.0598. The smallest absolute Gasteiger partial charge is 0.337 e. The van der Waals surface area contributed by atoms with E-state index in [1.807, 2.05) is 12.1 Å². The molecule has 0 aromatic heterocycles. The van der Waals surface area contributed by atoms with E-state index in [9.17, 15) is 15.0 Å². The van der Waals surface area contributed by atoms with Gasteiger partial charge in [-0.1, -0.05) is 12.1 Å². The number of piperidine rings is 1. The van der Waals surface area contributed by atoms with Gasteiger partial charge in [0.2, 0.25) is 0 Å². The molecule has 19 heavy (non-hydrogen) atoms. The molecule has 3 unspecified atom stereocenters. The van der Waals surface area contributed by atoms with Crippen molar-refractivity contribution in [3.63, 3.8) is 0 Å². The van der Waals surface area contributed by atoms with Gasteiger partial charge >= 0.3 is 5.97 Å². The van der Waals surface area contributed by atoms with Crippen LogP contribution < -0.4 is 5.32 Å². The third-order valence-corrected chi connectivity index (χ3v) is 3.63. The number of benzene rings is 1. The molecule has 1 aliphatic rings. The number of aliphatic hydroxyl groups is 2. The van der Waals surface area contributed by atoms with Crippen LogP contribution in [0.15, 0.2) is 24.3 Å². The molecule has 2 rings (SSSR count). The molecular formula is C14H19NO4. The van der Waals surface area contributed by atoms with E-state index in [2.05, 4.69) is 10.1 Å². The molecule has 0 bridgehead atoms. The standard InChI is InChI=1S/C14H19NO4/c1-19-14(18)10-4-2-9(3-5-10)13-11(8-16)6-15-7-12(13)17/h2-5,11-13,15-17H,6-8H2,1H3. The zero-order valence-corrected chi connectivity index (χ0v) is 10.9. The first-order chi connectivity index (χ1) is 9.17. The van der Waals surface area contributed by atoms with Crippen molar-refractivity contribution >= 4 is 5.97 Å². The Hall–Kier alpha value is -1.43. The Balaban J connectivity index is 2.22. The van der Waals surface area contributed by atoms with Gasteiger partial charge in [0.15, 0.2) is 0 Å². The summed E-state index contributed by atoms with van der Waals surface area (Å²) in [4.78, 5) is 11.4. The minimum absolute atomic E-state index is 0.0206. The molecule has 0 amide bonds. The average molecular weight is 265 g/mol. The van der Waals surface area contributed by atoms with E-state index in [1.165, 1.54) is 7.11 Å². The van der Waals surface area contributed by atoms with Crippen LogP contribution in [0.5, 0.6) is 0 Å². The van der Waals surface area contributed by atoms with E-state index in [1.54, 1.807) is 12.1 Å². The quantitative estimate of drug-likeness (QED) is 0.677. The van der Waals surface area contributed by atoms with Gasteiger partial charge in [-0.25, -0.2) is 4.79 Å². The molecule has 3 N–H and O–H groups in total. The van der Waals surface area contributed by atoms with E-state index >= 15 is 0 Å². The number of hydrogen-bond acceptors (Lipinski definition) is 5. The van der Waals surface area contributed by atoms with Crippen molar-refractivity contribution in [3.8, 4) is 0 Å². The second kappa shape index (κ2) is 6.14. The summed E-state index contributed by atoms with van der Waals surface area (Å²) in [7, 11) is 1.34. The van der Waals surface area contributed by atoms with Gasteiger partial charge in [0.05, 0.1) is 18.8 Å². The SMILES string of the molecule is COC(=O)c1ccc(C2C(O)CNCC2CO)cc1. The van der Waals surface area contributed by atoms with Crippen LogP contribution in [-0.4, -0.2) is 49.1 Å². The number of ether oxygens (including phenoxy) is 1. The number of β-amino-alcohol motifs (C(OH)–C–C–N with tert-alkyl or cyclic N) is 1. The second-order valence-electron chi connectivity index (χ2n) is 4.81. The molecule has 1 heterocycles. The van der Waals surface area contributed by atoms with Gasteiger partial charge in [-0.15, -0.1) is 0 Å². The monoisotopic (exact) mass is 265 g/mol. The number of hydrogen-bond donors (Lipinski definition) is 3. The van der Waals surface area contributed by atoms with Gasteiger partial charge in [-0.2, -0.15) is 0 Å². The Morgan fingerprint density at radius 2 is 2.05 bits per heavy atom. The highest BCUT2D eigenvalue weighted by molar-refractivity contribution is 5.89. The molecule has 3 atom stereocenters. The Kier molecular flexibility index (Phi) is 4.52. The maximum Gasteiger partial charge on any atom is 0.337 e. The summed E-state index contributed by atoms with van der Waals surface area (Å²) in [5.74, 6) is -0.512. The van der Waals surface area contributed by atoms with E-state index in [4.69, 9.17) is 0 Å². The number of esters is 1. The topological polar surface area (TPSA) is 78.8 Å². The van der Waals surface area contributed by atoms with Crippen molar-refractivity contribution in [2.24, 2.45) is 5.92 Å². The van der Waals surface area contributed by atoms with Crippen LogP contribution in [0.25, 0.3) is 0 Å². The van der Waals surface area contributed by atoms with Crippen LogP contribution in [0.1, 0.15) is 21.8 Å². The molecule has 0 spiro atoms. The van der Waals surface area contributed by atoms with Crippen molar-refractivity contribution in [2.45, 2.75) is 12.0 Å². The fourth-order valence-electron chi connectivity index (χ4n) is 2.62. The highest BCUT2D eigenvalue weighted by Gasteiger charge is 2.32. The van der Waals surface area contributed by atoms with Gasteiger partial charge in [-0.05, 0) is 17.7 Å². The number of nitrogens with one attached hydrogen (secondary N) is 1. The van der Waals surface area contributed by atoms with E-state index in [0.29, 0.717) is 18.7 Å². The van der Waals surface area contributed by atoms with Crippen molar-refractivity contribution in [1.82, 2.24) is 5.32 Å². The predicted molar refractivity (Wildman–Crippen MR) is 70.0 cm³/mol. The number of methoxy groups -OCH3 is 1. The first-order valence-electron chi connectivity index (χ1n) is 6.35. The lowest BCUT2D eigenvalue weighted by Crippen LogP contribution is -2.46. The van der Waals surface area contributed by atoms with Crippen LogP contribution in [-0.2, 0) is 4.74 Å². The molecule has 1 aliphatic heterocycles. The van der Waals surface area contributed by atoms with Gasteiger partial charge in [0.1, 0.15) is 0 Å². The summed E-state index contributed by atoms with van der Waals surface area (Å²) in [6, 6.07) is 7.00. The Morgan fingerprint density at radius 3 is 2.63 bits per heavy atom. The van der Waals surface area contributed by atoms with Gasteiger partial charge in [-0.3, -0.25) is 0 Å². The summed E-state index contributed by atoms with van der Waals surface area (Å²) in [5.41, 5.74) is 1.41. The van der Waals surface area contributed by atoms with E-state index in [-0.39, 0.29) is 24.4 Å². The van der Waals surface area contributed by atoms with Crippen LogP contribution >= 0.6 is 0 Å². The third-order valence-electron chi connectivity index (χ3n) is 3.63. The second-order valence-corrected chi connectivity index (χ2v) is 4.81. The molecule has 0 saturated carbocycles. The van der Waals surface area contributed by atoms with Crippen molar-refractivity contribution in [2.75, 3.05) is 26.8 Å². The molecule has 1 aromatic carbocycles. The minimum atomic E-state index is -0.533. The molecule has 1 saturated heterocycles. The molecule has 0 aliphatic carbocycles. The summed E-state index contributed by atoms with van der Waals surface area (Å²) in [6.07, 6.45) is -0.533. The molecule has 5 heteroatoms. The number of carbonyl (C=O) groups excluding carboxylic acids is 1. The van der Waals surface area contributed by atoms with Crippen LogP contribution in [0.2, 0.25) is 0 Å². The maximum absolute atomic E-state index is 11.4. The first kappa shape index (κ1) is 14.0. The van der Waals surface area contributed by atoms with Crippen molar-refractivity contribution in [1.29, 1.82) is 0 Å². The first-order valence-corrected chi connectivity index (χ1v) is 6.35. The number of carbonyl (C=O) groups is 1. The number of rotatable bonds is 3. The largest absolute Gasteiger partial charge is 0.465 e. The molecule has 0 radical (unpaired) electrons. The fourth-order valence-corrected chi connectivity index (χ4v) is 2.62. The summed E-state index contributed by atoms with van der Waals surface area (Å²) >= 11 is 0. The van der Waals surface area contributed by atoms with Crippen molar-refractivity contribution in [3.05, 3.63) is 35.4 Å². The zero-order chi connectivity index (χ0) is 13.8. The molecule has 1 aromatic rings. The normalized spacial score (nSPS) is 27.0. The molecule has 104 valence electrons. The summed E-state index contributed by atoms with van der Waals surface area (Å²) < 4.78 is 4.65. The third kappa shape index (κ3) is 2.94. The van der Waals surface area contributed by atoms with Crippen LogP contribution in [0, 0.1) is 5.92 Å². The van der Waals surface area contributed by atoms with Crippen LogP contribution in [0.4, 0.5) is 0 Å². The Labute approximate surface area is 112 Å². The van der Waals surface area contributed by atoms with E-state index in [0.717, 1.165) is 5.56 Å². The Bertz CT molecular complexity index is 432. The average Bonchev–Trinajstić information content (AvgIpc) is 2.46. The fraction of sp³-hybridized carbons (Fsp3) is 0.500. The summed E-state index contributed by atoms with van der Waals surface area (Å²) in [6.45, 7) is 1.21. The van der Waals surface area contributed by atoms with Crippen LogP contribution in [0.3, 0.4) is 0 Å². The maximum atomic E-state index is 11.4. The highest BCUT2D eigenvalue weighted by atomic mass is 16.5. The lowest BCUT2D eigenvalue weighted by Gasteiger charge is -2.35. The van der Waals surface area contributed by atoms with Crippen molar-refractivity contribution < 1.29 is 19.7 Å².